The number of nitrogens with one attached hydrogen (secondary N) is 1. The molecular formula is C11H18N4O. The second-order valence-electron chi connectivity index (χ2n) is 4.58. The largest absolute Gasteiger partial charge is 0.353 e. The van der Waals surface area contributed by atoms with E-state index in [4.69, 9.17) is 5.73 Å². The van der Waals surface area contributed by atoms with Gasteiger partial charge in [-0.1, -0.05) is 0 Å². The molecule has 1 heterocycles. The van der Waals surface area contributed by atoms with Crippen LogP contribution in [0.25, 0.3) is 0 Å². The maximum atomic E-state index is 11.8. The van der Waals surface area contributed by atoms with E-state index in [-0.39, 0.29) is 5.91 Å². The number of amides is 1. The zero-order chi connectivity index (χ0) is 11.6. The van der Waals surface area contributed by atoms with Crippen LogP contribution in [-0.2, 0) is 11.3 Å². The Balaban J connectivity index is 1.75. The number of carbonyl (C=O) groups is 1. The predicted octanol–water partition coefficient (Wildman–Crippen LogP) is 0.127. The minimum absolute atomic E-state index is 0.0536. The second kappa shape index (κ2) is 4.25. The molecular weight excluding hydrogens is 204 g/mol. The molecule has 5 nitrogen and oxygen atoms in total. The van der Waals surface area contributed by atoms with E-state index in [1.54, 1.807) is 10.9 Å². The van der Waals surface area contributed by atoms with Crippen LogP contribution < -0.4 is 11.1 Å². The molecule has 2 rings (SSSR count). The van der Waals surface area contributed by atoms with E-state index in [0.29, 0.717) is 19.0 Å². The number of aromatic nitrogens is 2. The Morgan fingerprint density at radius 1 is 1.69 bits per heavy atom. The van der Waals surface area contributed by atoms with Crippen molar-refractivity contribution in [2.45, 2.75) is 31.8 Å². The fourth-order valence-corrected chi connectivity index (χ4v) is 1.78. The number of nitrogens with two attached hydrogens (primary N) is 1. The highest BCUT2D eigenvalue weighted by atomic mass is 16.2. The third-order valence-electron chi connectivity index (χ3n) is 3.10. The zero-order valence-electron chi connectivity index (χ0n) is 9.52. The minimum Gasteiger partial charge on any atom is -0.353 e. The monoisotopic (exact) mass is 222 g/mol. The van der Waals surface area contributed by atoms with Gasteiger partial charge in [-0.05, 0) is 31.7 Å². The molecule has 1 saturated carbocycles. The first kappa shape index (κ1) is 11.1. The zero-order valence-corrected chi connectivity index (χ0v) is 9.52. The summed E-state index contributed by atoms with van der Waals surface area (Å²) >= 11 is 0. The highest BCUT2D eigenvalue weighted by Gasteiger charge is 2.43. The normalized spacial score (nSPS) is 19.1. The minimum atomic E-state index is -0.704. The average Bonchev–Trinajstić information content (AvgIpc) is 2.99. The quantitative estimate of drug-likeness (QED) is 0.743. The van der Waals surface area contributed by atoms with Crippen molar-refractivity contribution in [3.05, 3.63) is 18.5 Å². The Morgan fingerprint density at radius 3 is 3.00 bits per heavy atom. The molecule has 16 heavy (non-hydrogen) atoms. The van der Waals surface area contributed by atoms with Gasteiger partial charge in [0, 0.05) is 18.9 Å². The molecule has 5 heteroatoms. The number of hydrogen-bond donors (Lipinski definition) is 2. The van der Waals surface area contributed by atoms with Crippen molar-refractivity contribution in [1.29, 1.82) is 0 Å². The standard InChI is InChI=1S/C11H18N4O/c1-11(12,9-3-4-9)10(16)13-6-8-15-7-2-5-14-15/h2,5,7,9H,3-4,6,8,12H2,1H3,(H,13,16). The summed E-state index contributed by atoms with van der Waals surface area (Å²) in [4.78, 5) is 11.8. The van der Waals surface area contributed by atoms with Gasteiger partial charge in [0.15, 0.2) is 0 Å². The lowest BCUT2D eigenvalue weighted by molar-refractivity contribution is -0.126. The van der Waals surface area contributed by atoms with Gasteiger partial charge in [-0.25, -0.2) is 0 Å². The summed E-state index contributed by atoms with van der Waals surface area (Å²) in [6, 6.07) is 1.86. The molecule has 1 aliphatic rings. The van der Waals surface area contributed by atoms with Crippen LogP contribution in [0.3, 0.4) is 0 Å². The van der Waals surface area contributed by atoms with Crippen LogP contribution in [0, 0.1) is 5.92 Å². The molecule has 1 unspecified atom stereocenters. The summed E-state index contributed by atoms with van der Waals surface area (Å²) in [5.74, 6) is 0.305. The first-order valence-electron chi connectivity index (χ1n) is 5.65. The third kappa shape index (κ3) is 2.41. The van der Waals surface area contributed by atoms with Crippen LogP contribution in [-0.4, -0.2) is 27.8 Å². The summed E-state index contributed by atoms with van der Waals surface area (Å²) in [6.07, 6.45) is 5.73. The van der Waals surface area contributed by atoms with Crippen LogP contribution >= 0.6 is 0 Å². The molecule has 1 amide bonds. The highest BCUT2D eigenvalue weighted by Crippen LogP contribution is 2.37. The molecule has 0 bridgehead atoms. The summed E-state index contributed by atoms with van der Waals surface area (Å²) in [7, 11) is 0. The van der Waals surface area contributed by atoms with Gasteiger partial charge in [-0.3, -0.25) is 9.48 Å². The summed E-state index contributed by atoms with van der Waals surface area (Å²) in [5.41, 5.74) is 5.29. The summed E-state index contributed by atoms with van der Waals surface area (Å²) in [6.45, 7) is 3.06. The van der Waals surface area contributed by atoms with Gasteiger partial charge in [0.05, 0.1) is 12.1 Å². The first-order valence-corrected chi connectivity index (χ1v) is 5.65. The van der Waals surface area contributed by atoms with E-state index in [9.17, 15) is 4.79 Å². The van der Waals surface area contributed by atoms with Gasteiger partial charge in [-0.15, -0.1) is 0 Å². The Morgan fingerprint density at radius 2 is 2.44 bits per heavy atom. The maximum Gasteiger partial charge on any atom is 0.240 e. The smallest absolute Gasteiger partial charge is 0.240 e. The van der Waals surface area contributed by atoms with Crippen LogP contribution in [0.5, 0.6) is 0 Å². The van der Waals surface area contributed by atoms with Crippen LogP contribution in [0.4, 0.5) is 0 Å². The van der Waals surface area contributed by atoms with Crippen molar-refractivity contribution in [2.75, 3.05) is 6.54 Å². The predicted molar refractivity (Wildman–Crippen MR) is 60.6 cm³/mol. The van der Waals surface area contributed by atoms with Crippen LogP contribution in [0.2, 0.25) is 0 Å². The molecule has 0 aliphatic heterocycles. The van der Waals surface area contributed by atoms with Gasteiger partial charge in [0.1, 0.15) is 0 Å². The fraction of sp³-hybridized carbons (Fsp3) is 0.636. The lowest BCUT2D eigenvalue weighted by Gasteiger charge is -2.23. The van der Waals surface area contributed by atoms with Crippen molar-refractivity contribution in [2.24, 2.45) is 11.7 Å². The molecule has 0 spiro atoms. The molecule has 1 fully saturated rings. The molecule has 88 valence electrons. The highest BCUT2D eigenvalue weighted by molar-refractivity contribution is 5.86. The average molecular weight is 222 g/mol. The lowest BCUT2D eigenvalue weighted by atomic mass is 9.96. The molecule has 0 saturated heterocycles. The molecule has 1 atom stereocenters. The Kier molecular flexibility index (Phi) is 2.96. The van der Waals surface area contributed by atoms with Crippen molar-refractivity contribution >= 4 is 5.91 Å². The number of hydrogen-bond acceptors (Lipinski definition) is 3. The molecule has 1 aromatic heterocycles. The Hall–Kier alpha value is -1.36. The number of nitrogens with zero attached hydrogens (tertiary/aromatic N) is 2. The molecule has 0 aromatic carbocycles. The van der Waals surface area contributed by atoms with Crippen molar-refractivity contribution in [3.63, 3.8) is 0 Å². The van der Waals surface area contributed by atoms with Crippen molar-refractivity contribution in [3.8, 4) is 0 Å². The van der Waals surface area contributed by atoms with Gasteiger partial charge in [-0.2, -0.15) is 5.10 Å². The van der Waals surface area contributed by atoms with E-state index < -0.39 is 5.54 Å². The lowest BCUT2D eigenvalue weighted by Crippen LogP contribution is -2.53. The van der Waals surface area contributed by atoms with Gasteiger partial charge < -0.3 is 11.1 Å². The van der Waals surface area contributed by atoms with E-state index in [1.165, 1.54) is 0 Å². The maximum absolute atomic E-state index is 11.8. The van der Waals surface area contributed by atoms with Crippen LogP contribution in [0.15, 0.2) is 18.5 Å². The van der Waals surface area contributed by atoms with Gasteiger partial charge in [0.25, 0.3) is 0 Å². The fourth-order valence-electron chi connectivity index (χ4n) is 1.78. The molecule has 3 N–H and O–H groups in total. The summed E-state index contributed by atoms with van der Waals surface area (Å²) in [5, 5.41) is 6.91. The Labute approximate surface area is 95.0 Å². The third-order valence-corrected chi connectivity index (χ3v) is 3.10. The van der Waals surface area contributed by atoms with E-state index >= 15 is 0 Å². The Bertz CT molecular complexity index is 354. The van der Waals surface area contributed by atoms with E-state index in [0.717, 1.165) is 12.8 Å². The molecule has 1 aliphatic carbocycles. The number of carbonyl (C=O) groups excluding carboxylic acids is 1. The SMILES string of the molecule is CC(N)(C(=O)NCCn1cccn1)C1CC1. The van der Waals surface area contributed by atoms with Gasteiger partial charge >= 0.3 is 0 Å². The van der Waals surface area contributed by atoms with Gasteiger partial charge in [0.2, 0.25) is 5.91 Å². The van der Waals surface area contributed by atoms with E-state index in [2.05, 4.69) is 10.4 Å². The van der Waals surface area contributed by atoms with Crippen molar-refractivity contribution < 1.29 is 4.79 Å². The summed E-state index contributed by atoms with van der Waals surface area (Å²) < 4.78 is 1.78. The van der Waals surface area contributed by atoms with E-state index in [1.807, 2.05) is 19.2 Å². The topological polar surface area (TPSA) is 72.9 Å². The van der Waals surface area contributed by atoms with Crippen molar-refractivity contribution in [1.82, 2.24) is 15.1 Å². The second-order valence-corrected chi connectivity index (χ2v) is 4.58. The first-order chi connectivity index (χ1) is 7.60. The molecule has 1 aromatic rings. The van der Waals surface area contributed by atoms with Crippen LogP contribution in [0.1, 0.15) is 19.8 Å². The molecule has 0 radical (unpaired) electrons. The number of rotatable bonds is 5.